The van der Waals surface area contributed by atoms with Crippen molar-refractivity contribution >= 4 is 140 Å². The van der Waals surface area contributed by atoms with Gasteiger partial charge in [0.05, 0.1) is 0 Å². The Morgan fingerprint density at radius 1 is 0.156 bits per heavy atom. The van der Waals surface area contributed by atoms with Crippen molar-refractivity contribution in [2.24, 2.45) is 0 Å². The minimum atomic E-state index is -0.0445. The van der Waals surface area contributed by atoms with E-state index in [1.807, 2.05) is 0 Å². The molecule has 90 heavy (non-hydrogen) atoms. The molecule has 0 saturated heterocycles. The molecule has 18 aromatic carbocycles. The Morgan fingerprint density at radius 3 is 0.556 bits per heavy atom. The number of rotatable bonds is 4. The zero-order chi connectivity index (χ0) is 61.4. The summed E-state index contributed by atoms with van der Waals surface area (Å²) in [5.41, 5.74) is 15.2. The normalized spacial score (nSPS) is 13.3. The van der Waals surface area contributed by atoms with Gasteiger partial charge in [0, 0.05) is 0 Å². The summed E-state index contributed by atoms with van der Waals surface area (Å²) < 4.78 is 0. The zero-order valence-corrected chi connectivity index (χ0v) is 53.8. The Balaban J connectivity index is 1.17. The van der Waals surface area contributed by atoms with Gasteiger partial charge in [-0.3, -0.25) is 0 Å². The fourth-order valence-electron chi connectivity index (χ4n) is 16.8. The predicted octanol–water partition coefficient (Wildman–Crippen LogP) is 26.3. The van der Waals surface area contributed by atoms with Gasteiger partial charge in [-0.15, -0.1) is 0 Å². The monoisotopic (exact) mass is 1150 g/mol. The molecule has 18 aromatic rings. The highest BCUT2D eigenvalue weighted by atomic mass is 14.4. The van der Waals surface area contributed by atoms with Gasteiger partial charge in [-0.05, 0) is 228 Å². The van der Waals surface area contributed by atoms with Crippen molar-refractivity contribution in [3.63, 3.8) is 0 Å². The molecule has 0 spiro atoms. The van der Waals surface area contributed by atoms with Gasteiger partial charge >= 0.3 is 0 Å². The lowest BCUT2D eigenvalue weighted by Crippen LogP contribution is -2.10. The molecule has 0 aliphatic carbocycles. The number of hydrogen-bond donors (Lipinski definition) is 0. The van der Waals surface area contributed by atoms with Gasteiger partial charge in [-0.1, -0.05) is 301 Å². The molecule has 0 aromatic heterocycles. The molecule has 0 fully saturated rings. The number of benzene rings is 16. The third-order valence-electron chi connectivity index (χ3n) is 21.3. The van der Waals surface area contributed by atoms with Crippen molar-refractivity contribution < 1.29 is 0 Å². The van der Waals surface area contributed by atoms with E-state index in [0.717, 1.165) is 0 Å². The summed E-state index contributed by atoms with van der Waals surface area (Å²) >= 11 is 0. The fourth-order valence-corrected chi connectivity index (χ4v) is 16.8. The zero-order valence-electron chi connectivity index (χ0n) is 53.8. The second-order valence-electron chi connectivity index (χ2n) is 30.6. The molecule has 0 aliphatic rings. The van der Waals surface area contributed by atoms with Gasteiger partial charge in [-0.25, -0.2) is 0 Å². The van der Waals surface area contributed by atoms with E-state index in [0.29, 0.717) is 0 Å². The van der Waals surface area contributed by atoms with Crippen LogP contribution >= 0.6 is 0 Å². The molecule has 0 saturated carbocycles. The smallest absolute Gasteiger partial charge is 0.0000928 e. The van der Waals surface area contributed by atoms with Crippen LogP contribution in [-0.2, 0) is 21.7 Å². The molecule has 0 nitrogen and oxygen atoms in total. The molecule has 0 aliphatic heterocycles. The quantitative estimate of drug-likeness (QED) is 0.122. The lowest BCUT2D eigenvalue weighted by molar-refractivity contribution is 0.590. The summed E-state index contributed by atoms with van der Waals surface area (Å²) in [6.07, 6.45) is 0. The average Bonchev–Trinajstić information content (AvgIpc) is 1.46. The number of fused-ring (bicyclic) bond motifs is 11. The van der Waals surface area contributed by atoms with Crippen LogP contribution in [0.1, 0.15) is 105 Å². The van der Waals surface area contributed by atoms with E-state index < -0.39 is 0 Å². The van der Waals surface area contributed by atoms with Crippen LogP contribution in [0.25, 0.3) is 185 Å². The third-order valence-corrected chi connectivity index (χ3v) is 21.3. The van der Waals surface area contributed by atoms with Crippen LogP contribution in [0.4, 0.5) is 0 Å². The molecule has 0 N–H and O–H groups in total. The first-order chi connectivity index (χ1) is 43.2. The lowest BCUT2D eigenvalue weighted by atomic mass is 9.77. The third kappa shape index (κ3) is 7.25. The summed E-state index contributed by atoms with van der Waals surface area (Å²) in [5.74, 6) is 0. The van der Waals surface area contributed by atoms with Crippen LogP contribution in [-0.4, -0.2) is 0 Å². The van der Waals surface area contributed by atoms with Crippen molar-refractivity contribution in [3.8, 4) is 44.5 Å². The van der Waals surface area contributed by atoms with Gasteiger partial charge in [0.15, 0.2) is 0 Å². The van der Waals surface area contributed by atoms with E-state index in [-0.39, 0.29) is 21.7 Å². The Kier molecular flexibility index (Phi) is 10.7. The van der Waals surface area contributed by atoms with Gasteiger partial charge in [-0.2, -0.15) is 0 Å². The van der Waals surface area contributed by atoms with Crippen LogP contribution in [0, 0.1) is 0 Å². The second-order valence-corrected chi connectivity index (χ2v) is 30.6. The summed E-state index contributed by atoms with van der Waals surface area (Å²) in [6, 6.07) is 86.8. The van der Waals surface area contributed by atoms with E-state index in [4.69, 9.17) is 0 Å². The summed E-state index contributed by atoms with van der Waals surface area (Å²) in [5, 5.41) is 34.2. The molecule has 0 bridgehead atoms. The highest BCUT2D eigenvalue weighted by Gasteiger charge is 2.34. The lowest BCUT2D eigenvalue weighted by Gasteiger charge is -2.26. The van der Waals surface area contributed by atoms with Crippen molar-refractivity contribution in [1.82, 2.24) is 0 Å². The second kappa shape index (κ2) is 18.0. The summed E-state index contributed by atoms with van der Waals surface area (Å²) in [7, 11) is 0. The van der Waals surface area contributed by atoms with Crippen LogP contribution in [0.2, 0.25) is 0 Å². The Bertz CT molecular complexity index is 5300. The number of hydrogen-bond acceptors (Lipinski definition) is 0. The first-order valence-corrected chi connectivity index (χ1v) is 32.7. The van der Waals surface area contributed by atoms with Crippen LogP contribution in [0.5, 0.6) is 0 Å². The minimum absolute atomic E-state index is 0.0445. The van der Waals surface area contributed by atoms with Crippen molar-refractivity contribution in [2.45, 2.75) is 105 Å². The topological polar surface area (TPSA) is 0 Å². The molecule has 0 radical (unpaired) electrons. The standard InChI is InChI=1S/C90H72/c1-87(2,3)55-33-25-51(26-34-55)73-81-67-45-41-63-59-21-13-17-49-18-14-22-60(71(49)59)64-42-46-68(79(67)77(63)64)82(81)75(53-29-37-57(38-30-53)89(7,8)9)86-76(54-31-39-58(40-32-54)90(10,11)12)84-70-48-44-66-62-24-16-20-50-19-15-23-61(72(50)62)65-43-47-69(80(70)78(65)66)83(84)74(85(73)86)52-27-35-56(36-28-52)88(4,5)6/h13-48H,1-12H3. The van der Waals surface area contributed by atoms with Crippen LogP contribution in [0.15, 0.2) is 218 Å². The van der Waals surface area contributed by atoms with Crippen LogP contribution in [0.3, 0.4) is 0 Å². The fraction of sp³-hybridized carbons (Fsp3) is 0.178. The maximum atomic E-state index is 2.52. The largest absolute Gasteiger partial charge is 0.0610 e. The first kappa shape index (κ1) is 53.4. The highest BCUT2D eigenvalue weighted by Crippen LogP contribution is 2.62. The maximum absolute atomic E-state index is 2.52. The molecule has 18 rings (SSSR count). The Morgan fingerprint density at radius 2 is 0.344 bits per heavy atom. The van der Waals surface area contributed by atoms with E-state index in [9.17, 15) is 0 Å². The Labute approximate surface area is 526 Å². The molecular weight excluding hydrogens is 1080 g/mol. The van der Waals surface area contributed by atoms with Gasteiger partial charge in [0.2, 0.25) is 0 Å². The van der Waals surface area contributed by atoms with Crippen molar-refractivity contribution in [1.29, 1.82) is 0 Å². The van der Waals surface area contributed by atoms with E-state index in [1.165, 1.54) is 207 Å². The van der Waals surface area contributed by atoms with Gasteiger partial charge in [0.25, 0.3) is 0 Å². The summed E-state index contributed by atoms with van der Waals surface area (Å²) in [6.45, 7) is 28.1. The van der Waals surface area contributed by atoms with E-state index >= 15 is 0 Å². The molecule has 0 heterocycles. The van der Waals surface area contributed by atoms with Gasteiger partial charge < -0.3 is 0 Å². The van der Waals surface area contributed by atoms with Gasteiger partial charge in [0.1, 0.15) is 0 Å². The molecule has 0 amide bonds. The molecular formula is C90H72. The molecule has 0 unspecified atom stereocenters. The molecule has 0 heteroatoms. The van der Waals surface area contributed by atoms with Crippen molar-refractivity contribution in [2.75, 3.05) is 0 Å². The maximum Gasteiger partial charge on any atom is -0.0000928 e. The van der Waals surface area contributed by atoms with Crippen molar-refractivity contribution in [3.05, 3.63) is 241 Å². The van der Waals surface area contributed by atoms with Crippen LogP contribution < -0.4 is 0 Å². The minimum Gasteiger partial charge on any atom is -0.0610 e. The van der Waals surface area contributed by atoms with E-state index in [1.54, 1.807) is 0 Å². The summed E-state index contributed by atoms with van der Waals surface area (Å²) in [4.78, 5) is 0. The molecule has 432 valence electrons. The molecule has 0 atom stereocenters. The SMILES string of the molecule is CC(C)(C)c1ccc(-c2c3c(-c4ccc(C(C)(C)C)cc4)c4c5ccc6c7cccc8cccc(c9ccc(c4c(-c4ccc(C(C)(C)C)cc4)c3c(-c3ccc(C(C)(C)C)cc3)c3c4ccc%10c%11cccc%12cccc(c%13ccc(c23)c4c%13%10)c%12%11)c5c69)c87)cc1. The first-order valence-electron chi connectivity index (χ1n) is 32.7. The predicted molar refractivity (Wildman–Crippen MR) is 395 cm³/mol. The highest BCUT2D eigenvalue weighted by molar-refractivity contribution is 6.51. The van der Waals surface area contributed by atoms with E-state index in [2.05, 4.69) is 301 Å². The Hall–Kier alpha value is -9.62. The average molecular weight is 1150 g/mol.